The van der Waals surface area contributed by atoms with Crippen molar-refractivity contribution in [1.29, 1.82) is 0 Å². The first-order valence-electron chi connectivity index (χ1n) is 5.66. The van der Waals surface area contributed by atoms with E-state index in [2.05, 4.69) is 10.6 Å². The molecule has 0 unspecified atom stereocenters. The van der Waals surface area contributed by atoms with Crippen molar-refractivity contribution in [2.24, 2.45) is 0 Å². The van der Waals surface area contributed by atoms with Crippen molar-refractivity contribution in [1.82, 2.24) is 10.6 Å². The van der Waals surface area contributed by atoms with Gasteiger partial charge in [-0.15, -0.1) is 0 Å². The van der Waals surface area contributed by atoms with Crippen LogP contribution in [0.25, 0.3) is 0 Å². The SMILES string of the molecule is FC(F)(F)c1ccccc1CN[C@H]1CCNC1. The molecule has 0 spiro atoms. The van der Waals surface area contributed by atoms with Crippen LogP contribution in [0.4, 0.5) is 13.2 Å². The average molecular weight is 244 g/mol. The van der Waals surface area contributed by atoms with Gasteiger partial charge in [-0.1, -0.05) is 18.2 Å². The van der Waals surface area contributed by atoms with Crippen molar-refractivity contribution in [3.8, 4) is 0 Å². The van der Waals surface area contributed by atoms with E-state index in [4.69, 9.17) is 0 Å². The summed E-state index contributed by atoms with van der Waals surface area (Å²) in [5, 5.41) is 6.32. The van der Waals surface area contributed by atoms with Gasteiger partial charge in [-0.3, -0.25) is 0 Å². The van der Waals surface area contributed by atoms with Gasteiger partial charge in [-0.25, -0.2) is 0 Å². The third-order valence-electron chi connectivity index (χ3n) is 2.96. The van der Waals surface area contributed by atoms with E-state index in [1.54, 1.807) is 6.07 Å². The Bertz CT molecular complexity index is 370. The Kier molecular flexibility index (Phi) is 3.69. The molecule has 5 heteroatoms. The molecule has 2 nitrogen and oxygen atoms in total. The zero-order chi connectivity index (χ0) is 12.3. The van der Waals surface area contributed by atoms with E-state index in [-0.39, 0.29) is 12.6 Å². The van der Waals surface area contributed by atoms with Gasteiger partial charge in [-0.2, -0.15) is 13.2 Å². The Hall–Kier alpha value is -1.07. The van der Waals surface area contributed by atoms with Crippen molar-refractivity contribution in [3.63, 3.8) is 0 Å². The molecule has 0 aliphatic carbocycles. The normalized spacial score (nSPS) is 20.8. The number of rotatable bonds is 3. The van der Waals surface area contributed by atoms with Gasteiger partial charge in [0.1, 0.15) is 0 Å². The van der Waals surface area contributed by atoms with Crippen molar-refractivity contribution in [2.45, 2.75) is 25.2 Å². The van der Waals surface area contributed by atoms with Crippen LogP contribution in [-0.4, -0.2) is 19.1 Å². The summed E-state index contributed by atoms with van der Waals surface area (Å²) in [5.74, 6) is 0. The van der Waals surface area contributed by atoms with Gasteiger partial charge in [-0.05, 0) is 24.6 Å². The van der Waals surface area contributed by atoms with Crippen LogP contribution in [0.15, 0.2) is 24.3 Å². The molecule has 0 saturated carbocycles. The highest BCUT2D eigenvalue weighted by Crippen LogP contribution is 2.31. The molecule has 2 rings (SSSR count). The molecular formula is C12H15F3N2. The first-order chi connectivity index (χ1) is 8.07. The first-order valence-corrected chi connectivity index (χ1v) is 5.66. The Labute approximate surface area is 98.2 Å². The minimum atomic E-state index is -4.27. The first kappa shape index (κ1) is 12.4. The van der Waals surface area contributed by atoms with Crippen LogP contribution >= 0.6 is 0 Å². The standard InChI is InChI=1S/C12H15F3N2/c13-12(14,15)11-4-2-1-3-9(11)7-17-10-5-6-16-8-10/h1-4,10,16-17H,5-8H2/t10-/m0/s1. The predicted molar refractivity (Wildman–Crippen MR) is 59.6 cm³/mol. The zero-order valence-electron chi connectivity index (χ0n) is 9.35. The van der Waals surface area contributed by atoms with E-state index < -0.39 is 11.7 Å². The van der Waals surface area contributed by atoms with Gasteiger partial charge in [0.05, 0.1) is 5.56 Å². The van der Waals surface area contributed by atoms with Crippen molar-refractivity contribution in [3.05, 3.63) is 35.4 Å². The fourth-order valence-corrected chi connectivity index (χ4v) is 2.03. The lowest BCUT2D eigenvalue weighted by atomic mass is 10.1. The molecule has 1 fully saturated rings. The number of alkyl halides is 3. The second-order valence-electron chi connectivity index (χ2n) is 4.23. The molecule has 0 aromatic heterocycles. The molecule has 94 valence electrons. The summed E-state index contributed by atoms with van der Waals surface area (Å²) in [6, 6.07) is 5.99. The topological polar surface area (TPSA) is 24.1 Å². The van der Waals surface area contributed by atoms with Crippen LogP contribution in [0.5, 0.6) is 0 Å². The molecule has 1 heterocycles. The van der Waals surface area contributed by atoms with E-state index in [0.29, 0.717) is 5.56 Å². The molecule has 1 atom stereocenters. The minimum absolute atomic E-state index is 0.266. The highest BCUT2D eigenvalue weighted by Gasteiger charge is 2.32. The fraction of sp³-hybridized carbons (Fsp3) is 0.500. The number of nitrogens with one attached hydrogen (secondary N) is 2. The average Bonchev–Trinajstić information content (AvgIpc) is 2.78. The Morgan fingerprint density at radius 1 is 1.29 bits per heavy atom. The maximum atomic E-state index is 12.7. The molecule has 1 saturated heterocycles. The Morgan fingerprint density at radius 2 is 2.06 bits per heavy atom. The summed E-state index contributed by atoms with van der Waals surface area (Å²) < 4.78 is 38.1. The molecule has 1 aliphatic heterocycles. The second-order valence-corrected chi connectivity index (χ2v) is 4.23. The van der Waals surface area contributed by atoms with Gasteiger partial charge >= 0.3 is 6.18 Å². The lowest BCUT2D eigenvalue weighted by Gasteiger charge is -2.15. The maximum Gasteiger partial charge on any atom is 0.416 e. The zero-order valence-corrected chi connectivity index (χ0v) is 9.35. The molecule has 0 bridgehead atoms. The molecule has 1 aromatic rings. The quantitative estimate of drug-likeness (QED) is 0.851. The van der Waals surface area contributed by atoms with Crippen LogP contribution in [0.3, 0.4) is 0 Å². The van der Waals surface area contributed by atoms with E-state index in [9.17, 15) is 13.2 Å². The highest BCUT2D eigenvalue weighted by atomic mass is 19.4. The van der Waals surface area contributed by atoms with Gasteiger partial charge in [0, 0.05) is 19.1 Å². The fourth-order valence-electron chi connectivity index (χ4n) is 2.03. The Morgan fingerprint density at radius 3 is 2.71 bits per heavy atom. The predicted octanol–water partition coefficient (Wildman–Crippen LogP) is 2.16. The van der Waals surface area contributed by atoms with Crippen LogP contribution in [-0.2, 0) is 12.7 Å². The lowest BCUT2D eigenvalue weighted by molar-refractivity contribution is -0.138. The maximum absolute atomic E-state index is 12.7. The van der Waals surface area contributed by atoms with E-state index in [1.165, 1.54) is 12.1 Å². The molecule has 0 amide bonds. The summed E-state index contributed by atoms with van der Waals surface area (Å²) >= 11 is 0. The summed E-state index contributed by atoms with van der Waals surface area (Å²) in [4.78, 5) is 0. The minimum Gasteiger partial charge on any atom is -0.315 e. The molecule has 2 N–H and O–H groups in total. The summed E-state index contributed by atoms with van der Waals surface area (Å²) in [6.07, 6.45) is -3.31. The van der Waals surface area contributed by atoms with Gasteiger partial charge < -0.3 is 10.6 Å². The van der Waals surface area contributed by atoms with Gasteiger partial charge in [0.2, 0.25) is 0 Å². The van der Waals surface area contributed by atoms with Crippen molar-refractivity contribution < 1.29 is 13.2 Å². The third kappa shape index (κ3) is 3.20. The van der Waals surface area contributed by atoms with Crippen LogP contribution in [0.1, 0.15) is 17.5 Å². The Balaban J connectivity index is 2.04. The van der Waals surface area contributed by atoms with Crippen LogP contribution in [0, 0.1) is 0 Å². The number of hydrogen-bond donors (Lipinski definition) is 2. The second kappa shape index (κ2) is 5.06. The number of hydrogen-bond acceptors (Lipinski definition) is 2. The molecule has 1 aromatic carbocycles. The highest BCUT2D eigenvalue weighted by molar-refractivity contribution is 5.29. The number of halogens is 3. The third-order valence-corrected chi connectivity index (χ3v) is 2.96. The molecule has 1 aliphatic rings. The lowest BCUT2D eigenvalue weighted by Crippen LogP contribution is -2.31. The van der Waals surface area contributed by atoms with E-state index >= 15 is 0 Å². The van der Waals surface area contributed by atoms with Gasteiger partial charge in [0.15, 0.2) is 0 Å². The molecule has 0 radical (unpaired) electrons. The monoisotopic (exact) mass is 244 g/mol. The summed E-state index contributed by atoms with van der Waals surface area (Å²) in [7, 11) is 0. The molecule has 17 heavy (non-hydrogen) atoms. The van der Waals surface area contributed by atoms with E-state index in [0.717, 1.165) is 25.6 Å². The number of benzene rings is 1. The summed E-state index contributed by atoms with van der Waals surface area (Å²) in [6.45, 7) is 2.02. The van der Waals surface area contributed by atoms with E-state index in [1.807, 2.05) is 0 Å². The van der Waals surface area contributed by atoms with Crippen molar-refractivity contribution >= 4 is 0 Å². The largest absolute Gasteiger partial charge is 0.416 e. The molecular weight excluding hydrogens is 229 g/mol. The van der Waals surface area contributed by atoms with Crippen LogP contribution in [0.2, 0.25) is 0 Å². The smallest absolute Gasteiger partial charge is 0.315 e. The van der Waals surface area contributed by atoms with Gasteiger partial charge in [0.25, 0.3) is 0 Å². The summed E-state index contributed by atoms with van der Waals surface area (Å²) in [5.41, 5.74) is -0.231. The van der Waals surface area contributed by atoms with Crippen LogP contribution < -0.4 is 10.6 Å². The van der Waals surface area contributed by atoms with Crippen molar-refractivity contribution in [2.75, 3.05) is 13.1 Å².